The van der Waals surface area contributed by atoms with Gasteiger partial charge in [0.25, 0.3) is 5.56 Å². The van der Waals surface area contributed by atoms with Gasteiger partial charge in [-0.3, -0.25) is 9.89 Å². The van der Waals surface area contributed by atoms with Gasteiger partial charge >= 0.3 is 0 Å². The standard InChI is InChI=1S/C18H21N5O/c1-11(2)19-16-13-9-10-22(3)15(13)14-17(20-16)21-23(18(14)24)12-7-5-4-6-8-12/h4-8,11H,9-10H2,1-3H3,(H2,19,20,21). The third-order valence-corrected chi connectivity index (χ3v) is 4.42. The van der Waals surface area contributed by atoms with Crippen molar-refractivity contribution in [3.8, 4) is 5.69 Å². The maximum absolute atomic E-state index is 13.0. The molecule has 0 spiro atoms. The number of nitrogens with zero attached hydrogens (tertiary/aromatic N) is 3. The average molecular weight is 323 g/mol. The van der Waals surface area contributed by atoms with E-state index in [-0.39, 0.29) is 11.6 Å². The Morgan fingerprint density at radius 1 is 1.25 bits per heavy atom. The third kappa shape index (κ3) is 2.18. The first kappa shape index (κ1) is 14.8. The Morgan fingerprint density at radius 2 is 2.00 bits per heavy atom. The molecule has 0 radical (unpaired) electrons. The van der Waals surface area contributed by atoms with Crippen LogP contribution in [0.2, 0.25) is 0 Å². The summed E-state index contributed by atoms with van der Waals surface area (Å²) in [7, 11) is 2.03. The summed E-state index contributed by atoms with van der Waals surface area (Å²) in [6.45, 7) is 5.09. The highest BCUT2D eigenvalue weighted by molar-refractivity contribution is 5.95. The van der Waals surface area contributed by atoms with Crippen LogP contribution in [-0.4, -0.2) is 34.4 Å². The zero-order valence-corrected chi connectivity index (χ0v) is 14.1. The number of hydrogen-bond donors (Lipinski definition) is 2. The van der Waals surface area contributed by atoms with Crippen molar-refractivity contribution in [1.82, 2.24) is 14.8 Å². The molecule has 6 heteroatoms. The second-order valence-corrected chi connectivity index (χ2v) is 6.57. The summed E-state index contributed by atoms with van der Waals surface area (Å²) in [5.74, 6) is 0.873. The van der Waals surface area contributed by atoms with E-state index in [1.165, 1.54) is 0 Å². The van der Waals surface area contributed by atoms with Gasteiger partial charge in [0.2, 0.25) is 0 Å². The van der Waals surface area contributed by atoms with Crippen LogP contribution in [0, 0.1) is 0 Å². The first-order valence-corrected chi connectivity index (χ1v) is 8.27. The van der Waals surface area contributed by atoms with Gasteiger partial charge in [-0.25, -0.2) is 9.67 Å². The summed E-state index contributed by atoms with van der Waals surface area (Å²) in [5.41, 5.74) is 3.52. The highest BCUT2D eigenvalue weighted by Crippen LogP contribution is 2.36. The van der Waals surface area contributed by atoms with Gasteiger partial charge < -0.3 is 10.2 Å². The van der Waals surface area contributed by atoms with Crippen LogP contribution < -0.4 is 15.8 Å². The Bertz CT molecular complexity index is 955. The van der Waals surface area contributed by atoms with Gasteiger partial charge in [-0.2, -0.15) is 0 Å². The molecule has 1 aliphatic rings. The molecule has 4 rings (SSSR count). The average Bonchev–Trinajstić information content (AvgIpc) is 3.09. The number of benzene rings is 1. The molecular weight excluding hydrogens is 302 g/mol. The predicted molar refractivity (Wildman–Crippen MR) is 97.4 cm³/mol. The first-order valence-electron chi connectivity index (χ1n) is 8.27. The van der Waals surface area contributed by atoms with Crippen molar-refractivity contribution >= 4 is 22.5 Å². The van der Waals surface area contributed by atoms with E-state index in [0.717, 1.165) is 35.7 Å². The maximum atomic E-state index is 13.0. The summed E-state index contributed by atoms with van der Waals surface area (Å²) in [4.78, 5) is 19.9. The van der Waals surface area contributed by atoms with E-state index in [2.05, 4.69) is 29.2 Å². The summed E-state index contributed by atoms with van der Waals surface area (Å²) < 4.78 is 1.57. The van der Waals surface area contributed by atoms with Gasteiger partial charge in [0.15, 0.2) is 5.65 Å². The summed E-state index contributed by atoms with van der Waals surface area (Å²) in [6, 6.07) is 9.88. The van der Waals surface area contributed by atoms with Crippen LogP contribution in [-0.2, 0) is 6.42 Å². The number of anilines is 2. The molecule has 0 amide bonds. The van der Waals surface area contributed by atoms with Crippen molar-refractivity contribution in [1.29, 1.82) is 0 Å². The quantitative estimate of drug-likeness (QED) is 0.777. The molecule has 2 N–H and O–H groups in total. The number of fused-ring (bicyclic) bond motifs is 3. The van der Waals surface area contributed by atoms with E-state index >= 15 is 0 Å². The van der Waals surface area contributed by atoms with Gasteiger partial charge in [-0.1, -0.05) is 18.2 Å². The molecule has 0 aliphatic carbocycles. The molecule has 0 unspecified atom stereocenters. The lowest BCUT2D eigenvalue weighted by Gasteiger charge is -2.16. The zero-order valence-electron chi connectivity index (χ0n) is 14.1. The van der Waals surface area contributed by atoms with Crippen molar-refractivity contribution in [3.05, 3.63) is 46.2 Å². The van der Waals surface area contributed by atoms with Gasteiger partial charge in [-0.05, 0) is 32.4 Å². The monoisotopic (exact) mass is 323 g/mol. The minimum Gasteiger partial charge on any atom is -0.373 e. The van der Waals surface area contributed by atoms with Crippen LogP contribution in [0.1, 0.15) is 19.4 Å². The van der Waals surface area contributed by atoms with Crippen LogP contribution in [0.25, 0.3) is 16.7 Å². The molecule has 0 bridgehead atoms. The largest absolute Gasteiger partial charge is 0.373 e. The molecule has 1 aromatic carbocycles. The van der Waals surface area contributed by atoms with E-state index in [1.54, 1.807) is 4.68 Å². The number of nitrogens with one attached hydrogen (secondary N) is 2. The number of aromatic nitrogens is 3. The molecule has 3 heterocycles. The zero-order chi connectivity index (χ0) is 16.8. The number of hydrogen-bond acceptors (Lipinski definition) is 4. The van der Waals surface area contributed by atoms with Gasteiger partial charge in [0, 0.05) is 25.2 Å². The third-order valence-electron chi connectivity index (χ3n) is 4.42. The lowest BCUT2D eigenvalue weighted by atomic mass is 10.1. The molecule has 6 nitrogen and oxygen atoms in total. The van der Waals surface area contributed by atoms with Crippen molar-refractivity contribution in [2.45, 2.75) is 26.3 Å². The topological polar surface area (TPSA) is 66.0 Å². The van der Waals surface area contributed by atoms with E-state index in [4.69, 9.17) is 4.98 Å². The Kier molecular flexibility index (Phi) is 3.33. The number of H-pyrrole nitrogens is 1. The Hall–Kier alpha value is -2.76. The lowest BCUT2D eigenvalue weighted by molar-refractivity contribution is 0.854. The van der Waals surface area contributed by atoms with Crippen molar-refractivity contribution in [2.75, 3.05) is 23.8 Å². The highest BCUT2D eigenvalue weighted by Gasteiger charge is 2.27. The molecule has 124 valence electrons. The maximum Gasteiger partial charge on any atom is 0.282 e. The fraction of sp³-hybridized carbons (Fsp3) is 0.333. The number of likely N-dealkylation sites (N-methyl/N-ethyl adjacent to an activating group) is 1. The predicted octanol–water partition coefficient (Wildman–Crippen LogP) is 2.53. The van der Waals surface area contributed by atoms with Crippen molar-refractivity contribution in [2.24, 2.45) is 0 Å². The smallest absolute Gasteiger partial charge is 0.282 e. The molecule has 0 saturated carbocycles. The normalized spacial score (nSPS) is 13.8. The first-order chi connectivity index (χ1) is 11.6. The second kappa shape index (κ2) is 5.40. The molecule has 24 heavy (non-hydrogen) atoms. The van der Waals surface area contributed by atoms with E-state index in [0.29, 0.717) is 11.0 Å². The van der Waals surface area contributed by atoms with E-state index < -0.39 is 0 Å². The van der Waals surface area contributed by atoms with Crippen LogP contribution in [0.15, 0.2) is 35.1 Å². The lowest BCUT2D eigenvalue weighted by Crippen LogP contribution is -2.18. The molecule has 0 fully saturated rings. The van der Waals surface area contributed by atoms with E-state index in [1.807, 2.05) is 37.4 Å². The minimum absolute atomic E-state index is 0.0511. The number of rotatable bonds is 3. The summed E-state index contributed by atoms with van der Waals surface area (Å²) in [6.07, 6.45) is 0.903. The van der Waals surface area contributed by atoms with Crippen LogP contribution >= 0.6 is 0 Å². The molecular formula is C18H21N5O. The number of para-hydroxylation sites is 1. The second-order valence-electron chi connectivity index (χ2n) is 6.57. The van der Waals surface area contributed by atoms with Gasteiger partial charge in [0.1, 0.15) is 11.2 Å². The van der Waals surface area contributed by atoms with Gasteiger partial charge in [0.05, 0.1) is 11.4 Å². The minimum atomic E-state index is -0.0511. The summed E-state index contributed by atoms with van der Waals surface area (Å²) in [5, 5.41) is 7.26. The van der Waals surface area contributed by atoms with Crippen LogP contribution in [0.5, 0.6) is 0 Å². The molecule has 1 aliphatic heterocycles. The molecule has 3 aromatic rings. The Morgan fingerprint density at radius 3 is 2.71 bits per heavy atom. The van der Waals surface area contributed by atoms with Crippen molar-refractivity contribution in [3.63, 3.8) is 0 Å². The fourth-order valence-corrected chi connectivity index (χ4v) is 3.36. The summed E-state index contributed by atoms with van der Waals surface area (Å²) >= 11 is 0. The number of pyridine rings is 1. The molecule has 0 saturated heterocycles. The molecule has 2 aromatic heterocycles. The number of aromatic amines is 1. The van der Waals surface area contributed by atoms with Crippen molar-refractivity contribution < 1.29 is 0 Å². The molecule has 0 atom stereocenters. The SMILES string of the molecule is CC(C)Nc1nc2[nH]n(-c3ccccc3)c(=O)c2c2c1CCN2C. The fourth-order valence-electron chi connectivity index (χ4n) is 3.36. The van der Waals surface area contributed by atoms with Crippen LogP contribution in [0.3, 0.4) is 0 Å². The Balaban J connectivity index is 2.01. The highest BCUT2D eigenvalue weighted by atomic mass is 16.1. The van der Waals surface area contributed by atoms with Gasteiger partial charge in [-0.15, -0.1) is 0 Å². The Labute approximate surface area is 140 Å². The van der Waals surface area contributed by atoms with E-state index in [9.17, 15) is 4.79 Å². The van der Waals surface area contributed by atoms with Crippen LogP contribution in [0.4, 0.5) is 11.5 Å².